The van der Waals surface area contributed by atoms with Gasteiger partial charge in [0, 0.05) is 71.9 Å². The van der Waals surface area contributed by atoms with E-state index < -0.39 is 5.54 Å². The van der Waals surface area contributed by atoms with Crippen LogP contribution in [-0.4, -0.2) is 55.2 Å². The Bertz CT molecular complexity index is 1530. The average molecular weight is 534 g/mol. The van der Waals surface area contributed by atoms with E-state index in [1.54, 1.807) is 0 Å². The number of hydrogen-bond acceptors (Lipinski definition) is 5. The molecule has 9 rings (SSSR count). The Morgan fingerprint density at radius 2 is 1.30 bits per heavy atom. The van der Waals surface area contributed by atoms with Crippen LogP contribution in [0.5, 0.6) is 11.5 Å². The lowest BCUT2D eigenvalue weighted by atomic mass is 9.70. The van der Waals surface area contributed by atoms with Crippen molar-refractivity contribution in [2.45, 2.75) is 56.9 Å². The molecular formula is C34H35N3O3. The molecular weight excluding hydrogens is 498 g/mol. The highest BCUT2D eigenvalue weighted by atomic mass is 16.5. The number of benzene rings is 3. The molecule has 0 aromatic heterocycles. The lowest BCUT2D eigenvalue weighted by Crippen LogP contribution is -2.49. The quantitative estimate of drug-likeness (QED) is 0.506. The fourth-order valence-electron chi connectivity index (χ4n) is 9.06. The first-order chi connectivity index (χ1) is 19.7. The largest absolute Gasteiger partial charge is 0.456 e. The predicted molar refractivity (Wildman–Crippen MR) is 155 cm³/mol. The van der Waals surface area contributed by atoms with Crippen molar-refractivity contribution in [3.05, 3.63) is 80.9 Å². The average Bonchev–Trinajstić information content (AvgIpc) is 3.23. The summed E-state index contributed by atoms with van der Waals surface area (Å²) in [6.45, 7) is 4.62. The maximum absolute atomic E-state index is 14.3. The van der Waals surface area contributed by atoms with Gasteiger partial charge in [0.05, 0.1) is 6.61 Å². The van der Waals surface area contributed by atoms with E-state index in [0.717, 1.165) is 111 Å². The van der Waals surface area contributed by atoms with Crippen LogP contribution in [0.25, 0.3) is 0 Å². The van der Waals surface area contributed by atoms with Gasteiger partial charge in [-0.2, -0.15) is 0 Å². The molecule has 0 aliphatic carbocycles. The summed E-state index contributed by atoms with van der Waals surface area (Å²) in [6, 6.07) is 12.9. The number of carbonyl (C=O) groups excluding carboxylic acids is 1. The van der Waals surface area contributed by atoms with Crippen molar-refractivity contribution >= 4 is 17.3 Å². The van der Waals surface area contributed by atoms with Crippen LogP contribution >= 0.6 is 0 Å². The van der Waals surface area contributed by atoms with Crippen molar-refractivity contribution < 1.29 is 14.6 Å². The number of aliphatic hydroxyl groups excluding tert-OH is 1. The van der Waals surface area contributed by atoms with Crippen LogP contribution < -0.4 is 14.5 Å². The van der Waals surface area contributed by atoms with Gasteiger partial charge in [-0.05, 0) is 86.3 Å². The molecule has 3 aromatic rings. The van der Waals surface area contributed by atoms with Crippen LogP contribution in [-0.2, 0) is 31.2 Å². The SMILES string of the molecule is O=C1c2ccccc2C2(c3cc4c5c(c3Oc3c2cc2c6c3CCCN6CCC2)CCCN5CCC4)N1CCO. The number of fused-ring (bicyclic) bond motifs is 8. The molecule has 6 aliphatic heterocycles. The second-order valence-electron chi connectivity index (χ2n) is 12.4. The Morgan fingerprint density at radius 1 is 0.750 bits per heavy atom. The highest BCUT2D eigenvalue weighted by molar-refractivity contribution is 6.03. The van der Waals surface area contributed by atoms with Crippen molar-refractivity contribution in [1.82, 2.24) is 4.90 Å². The van der Waals surface area contributed by atoms with E-state index in [0.29, 0.717) is 0 Å². The number of carbonyl (C=O) groups is 1. The summed E-state index contributed by atoms with van der Waals surface area (Å²) >= 11 is 0. The summed E-state index contributed by atoms with van der Waals surface area (Å²) in [5, 5.41) is 10.4. The third-order valence-corrected chi connectivity index (χ3v) is 10.4. The van der Waals surface area contributed by atoms with Crippen LogP contribution in [0.4, 0.5) is 11.4 Å². The molecule has 40 heavy (non-hydrogen) atoms. The minimum Gasteiger partial charge on any atom is -0.456 e. The van der Waals surface area contributed by atoms with Crippen LogP contribution in [0, 0.1) is 0 Å². The van der Waals surface area contributed by atoms with Gasteiger partial charge in [0.15, 0.2) is 0 Å². The zero-order valence-corrected chi connectivity index (χ0v) is 23.0. The van der Waals surface area contributed by atoms with E-state index in [2.05, 4.69) is 34.1 Å². The number of aryl methyl sites for hydroxylation is 2. The number of β-amino-alcohol motifs (C(OH)–C–C–N with tert-alkyl or cyclic N) is 1. The fraction of sp³-hybridized carbons (Fsp3) is 0.441. The lowest BCUT2D eigenvalue weighted by Gasteiger charge is -2.49. The first kappa shape index (κ1) is 23.2. The maximum atomic E-state index is 14.3. The highest BCUT2D eigenvalue weighted by Crippen LogP contribution is 2.62. The molecule has 0 radical (unpaired) electrons. The molecule has 6 heteroatoms. The number of hydrogen-bond donors (Lipinski definition) is 1. The molecule has 1 N–H and O–H groups in total. The molecule has 0 fully saturated rings. The minimum atomic E-state index is -0.810. The monoisotopic (exact) mass is 533 g/mol. The lowest BCUT2D eigenvalue weighted by molar-refractivity contribution is 0.0614. The van der Waals surface area contributed by atoms with E-state index in [4.69, 9.17) is 4.74 Å². The Labute approximate surface area is 235 Å². The summed E-state index contributed by atoms with van der Waals surface area (Å²) in [5.41, 5.74) is 11.3. The third kappa shape index (κ3) is 2.76. The second kappa shape index (κ2) is 8.26. The van der Waals surface area contributed by atoms with Gasteiger partial charge in [-0.1, -0.05) is 18.2 Å². The van der Waals surface area contributed by atoms with Crippen molar-refractivity contribution in [2.75, 3.05) is 49.1 Å². The van der Waals surface area contributed by atoms with E-state index in [-0.39, 0.29) is 19.1 Å². The first-order valence-electron chi connectivity index (χ1n) is 15.3. The topological polar surface area (TPSA) is 56.2 Å². The van der Waals surface area contributed by atoms with Gasteiger partial charge in [-0.25, -0.2) is 0 Å². The Balaban J connectivity index is 1.44. The molecule has 1 amide bonds. The summed E-state index contributed by atoms with van der Waals surface area (Å²) < 4.78 is 7.23. The standard InChI is InChI=1S/C34H35N3O3/c38-18-17-37-33(39)23-9-1-2-12-26(23)34(37)27-19-21-7-3-13-35-15-5-10-24(29(21)35)31(27)40-32-25-11-6-16-36-14-4-8-22(30(25)36)20-28(32)34/h1-2,9,12,19-20,38H,3-8,10-11,13-18H2. The van der Waals surface area contributed by atoms with Gasteiger partial charge < -0.3 is 24.5 Å². The smallest absolute Gasteiger partial charge is 0.255 e. The maximum Gasteiger partial charge on any atom is 0.255 e. The molecule has 3 aromatic carbocycles. The number of amides is 1. The van der Waals surface area contributed by atoms with Gasteiger partial charge in [0.25, 0.3) is 5.91 Å². The van der Waals surface area contributed by atoms with Crippen molar-refractivity contribution in [2.24, 2.45) is 0 Å². The summed E-state index contributed by atoms with van der Waals surface area (Å²) in [6.07, 6.45) is 8.63. The summed E-state index contributed by atoms with van der Waals surface area (Å²) in [4.78, 5) is 21.4. The van der Waals surface area contributed by atoms with E-state index >= 15 is 0 Å². The number of ether oxygens (including phenoxy) is 1. The van der Waals surface area contributed by atoms with Crippen LogP contribution in [0.1, 0.15) is 75.0 Å². The van der Waals surface area contributed by atoms with Gasteiger partial charge in [0.2, 0.25) is 0 Å². The Morgan fingerprint density at radius 3 is 1.88 bits per heavy atom. The number of anilines is 2. The summed E-state index contributed by atoms with van der Waals surface area (Å²) in [5.74, 6) is 1.94. The highest BCUT2D eigenvalue weighted by Gasteiger charge is 2.58. The molecule has 6 heterocycles. The van der Waals surface area contributed by atoms with Crippen molar-refractivity contribution in [1.29, 1.82) is 0 Å². The number of nitrogens with zero attached hydrogens (tertiary/aromatic N) is 3. The van der Waals surface area contributed by atoms with Crippen LogP contribution in [0.3, 0.4) is 0 Å². The van der Waals surface area contributed by atoms with Crippen LogP contribution in [0.2, 0.25) is 0 Å². The van der Waals surface area contributed by atoms with Gasteiger partial charge in [-0.3, -0.25) is 4.79 Å². The van der Waals surface area contributed by atoms with Gasteiger partial charge in [-0.15, -0.1) is 0 Å². The molecule has 0 bridgehead atoms. The fourth-order valence-corrected chi connectivity index (χ4v) is 9.06. The van der Waals surface area contributed by atoms with Crippen molar-refractivity contribution in [3.63, 3.8) is 0 Å². The van der Waals surface area contributed by atoms with Gasteiger partial charge >= 0.3 is 0 Å². The van der Waals surface area contributed by atoms with Gasteiger partial charge in [0.1, 0.15) is 17.0 Å². The predicted octanol–water partition coefficient (Wildman–Crippen LogP) is 4.93. The second-order valence-corrected chi connectivity index (χ2v) is 12.4. The van der Waals surface area contributed by atoms with Crippen molar-refractivity contribution in [3.8, 4) is 11.5 Å². The number of aliphatic hydroxyl groups is 1. The third-order valence-electron chi connectivity index (χ3n) is 10.4. The summed E-state index contributed by atoms with van der Waals surface area (Å²) in [7, 11) is 0. The Kier molecular flexibility index (Phi) is 4.80. The van der Waals surface area contributed by atoms with E-state index in [1.165, 1.54) is 33.6 Å². The normalized spacial score (nSPS) is 20.9. The molecule has 0 atom stereocenters. The van der Waals surface area contributed by atoms with Crippen LogP contribution in [0.15, 0.2) is 36.4 Å². The van der Waals surface area contributed by atoms with E-state index in [1.807, 2.05) is 17.0 Å². The first-order valence-corrected chi connectivity index (χ1v) is 15.3. The molecule has 204 valence electrons. The van der Waals surface area contributed by atoms with E-state index in [9.17, 15) is 9.90 Å². The Hall–Kier alpha value is -3.51. The minimum absolute atomic E-state index is 0.00410. The molecule has 6 nitrogen and oxygen atoms in total. The molecule has 0 saturated heterocycles. The molecule has 0 saturated carbocycles. The molecule has 6 aliphatic rings. The molecule has 0 unspecified atom stereocenters. The number of rotatable bonds is 2. The molecule has 1 spiro atoms. The zero-order chi connectivity index (χ0) is 26.6. The zero-order valence-electron chi connectivity index (χ0n) is 23.0.